The summed E-state index contributed by atoms with van der Waals surface area (Å²) in [4.78, 5) is 38.0. The van der Waals surface area contributed by atoms with E-state index in [-0.39, 0.29) is 16.6 Å². The van der Waals surface area contributed by atoms with Crippen molar-refractivity contribution >= 4 is 34.6 Å². The van der Waals surface area contributed by atoms with Crippen LogP contribution in [0.5, 0.6) is 0 Å². The zero-order valence-electron chi connectivity index (χ0n) is 17.1. The van der Waals surface area contributed by atoms with Crippen LogP contribution in [0, 0.1) is 6.92 Å². The van der Waals surface area contributed by atoms with E-state index in [1.165, 1.54) is 7.11 Å². The van der Waals surface area contributed by atoms with Crippen molar-refractivity contribution in [3.63, 3.8) is 0 Å². The number of rotatable bonds is 7. The fourth-order valence-electron chi connectivity index (χ4n) is 3.22. The molecule has 0 aliphatic heterocycles. The molecule has 0 spiro atoms. The number of esters is 1. The van der Waals surface area contributed by atoms with E-state index in [1.807, 2.05) is 36.6 Å². The lowest BCUT2D eigenvalue weighted by Gasteiger charge is -2.17. The minimum Gasteiger partial charge on any atom is -0.467 e. The molecule has 0 bridgehead atoms. The predicted octanol–water partition coefficient (Wildman–Crippen LogP) is 3.79. The van der Waals surface area contributed by atoms with E-state index in [2.05, 4.69) is 5.32 Å². The molecule has 1 atom stereocenters. The summed E-state index contributed by atoms with van der Waals surface area (Å²) in [7, 11) is 1.28. The summed E-state index contributed by atoms with van der Waals surface area (Å²) in [5, 5.41) is 3.03. The number of carbonyl (C=O) groups is 2. The fraction of sp³-hybridized carbons (Fsp3) is 0.261. The molecule has 1 N–H and O–H groups in total. The highest BCUT2D eigenvalue weighted by Gasteiger charge is 2.24. The van der Waals surface area contributed by atoms with Gasteiger partial charge in [-0.3, -0.25) is 9.59 Å². The molecule has 0 fully saturated rings. The first-order chi connectivity index (χ1) is 14.5. The van der Waals surface area contributed by atoms with Crippen molar-refractivity contribution in [1.82, 2.24) is 5.32 Å². The molecule has 0 unspecified atom stereocenters. The van der Waals surface area contributed by atoms with Gasteiger partial charge >= 0.3 is 5.97 Å². The van der Waals surface area contributed by atoms with Gasteiger partial charge in [0, 0.05) is 11.1 Å². The molecule has 0 radical (unpaired) electrons. The third-order valence-corrected chi connectivity index (χ3v) is 5.47. The molecular formula is C23H23NO5S. The number of thioether (sulfide) groups is 1. The largest absolute Gasteiger partial charge is 0.467 e. The molecule has 0 aliphatic carbocycles. The second-order valence-electron chi connectivity index (χ2n) is 6.76. The van der Waals surface area contributed by atoms with Crippen molar-refractivity contribution < 1.29 is 18.7 Å². The summed E-state index contributed by atoms with van der Waals surface area (Å²) in [6.07, 6.45) is 2.35. The van der Waals surface area contributed by atoms with Gasteiger partial charge in [-0.1, -0.05) is 36.4 Å². The number of ether oxygens (including phenoxy) is 1. The van der Waals surface area contributed by atoms with Gasteiger partial charge < -0.3 is 14.5 Å². The maximum absolute atomic E-state index is 13.0. The Kier molecular flexibility index (Phi) is 6.95. The van der Waals surface area contributed by atoms with Crippen molar-refractivity contribution in [1.29, 1.82) is 0 Å². The van der Waals surface area contributed by atoms with Gasteiger partial charge in [0.1, 0.15) is 11.8 Å². The van der Waals surface area contributed by atoms with Crippen LogP contribution < -0.4 is 10.7 Å². The van der Waals surface area contributed by atoms with Crippen LogP contribution in [0.25, 0.3) is 22.3 Å². The minimum atomic E-state index is -0.782. The Balaban J connectivity index is 2.08. The summed E-state index contributed by atoms with van der Waals surface area (Å²) >= 11 is 1.57. The number of carbonyl (C=O) groups excluding carboxylic acids is 2. The third-order valence-electron chi connectivity index (χ3n) is 4.83. The van der Waals surface area contributed by atoms with Crippen LogP contribution >= 0.6 is 11.8 Å². The van der Waals surface area contributed by atoms with Crippen molar-refractivity contribution in [2.24, 2.45) is 0 Å². The molecular weight excluding hydrogens is 402 g/mol. The number of hydrogen-bond donors (Lipinski definition) is 1. The maximum Gasteiger partial charge on any atom is 0.328 e. The lowest BCUT2D eigenvalue weighted by Crippen LogP contribution is -2.42. The molecule has 1 heterocycles. The van der Waals surface area contributed by atoms with Crippen LogP contribution in [0.3, 0.4) is 0 Å². The van der Waals surface area contributed by atoms with Crippen molar-refractivity contribution in [2.75, 3.05) is 19.1 Å². The molecule has 6 nitrogen and oxygen atoms in total. The zero-order valence-corrected chi connectivity index (χ0v) is 17.9. The summed E-state index contributed by atoms with van der Waals surface area (Å²) < 4.78 is 10.9. The van der Waals surface area contributed by atoms with Crippen LogP contribution in [0.2, 0.25) is 0 Å². The molecule has 0 aliphatic rings. The highest BCUT2D eigenvalue weighted by molar-refractivity contribution is 7.98. The molecule has 3 aromatic rings. The van der Waals surface area contributed by atoms with E-state index in [4.69, 9.17) is 9.15 Å². The zero-order chi connectivity index (χ0) is 21.7. The lowest BCUT2D eigenvalue weighted by molar-refractivity contribution is -0.142. The van der Waals surface area contributed by atoms with Gasteiger partial charge in [0.05, 0.1) is 18.1 Å². The van der Waals surface area contributed by atoms with Crippen molar-refractivity contribution in [3.8, 4) is 11.3 Å². The summed E-state index contributed by atoms with van der Waals surface area (Å²) in [5.41, 5.74) is 1.41. The van der Waals surface area contributed by atoms with Gasteiger partial charge in [0.25, 0.3) is 5.91 Å². The van der Waals surface area contributed by atoms with Gasteiger partial charge in [-0.15, -0.1) is 0 Å². The van der Waals surface area contributed by atoms with Gasteiger partial charge in [-0.05, 0) is 37.5 Å². The summed E-state index contributed by atoms with van der Waals surface area (Å²) in [6.45, 7) is 1.70. The first-order valence-electron chi connectivity index (χ1n) is 9.47. The van der Waals surface area contributed by atoms with Crippen molar-refractivity contribution in [2.45, 2.75) is 19.4 Å². The van der Waals surface area contributed by atoms with Crippen LogP contribution in [0.15, 0.2) is 57.7 Å². The quantitative estimate of drug-likeness (QED) is 0.580. The smallest absolute Gasteiger partial charge is 0.328 e. The maximum atomic E-state index is 13.0. The molecule has 2 aromatic carbocycles. The van der Waals surface area contributed by atoms with Gasteiger partial charge in [0.2, 0.25) is 0 Å². The highest BCUT2D eigenvalue weighted by atomic mass is 32.2. The third kappa shape index (κ3) is 4.41. The second-order valence-corrected chi connectivity index (χ2v) is 7.75. The average molecular weight is 426 g/mol. The SMILES string of the molecule is COC(=O)[C@H](CCSC)NC(=O)c1cccc2c(=O)c(C)c(-c3ccccc3)oc12. The van der Waals surface area contributed by atoms with Gasteiger partial charge in [-0.2, -0.15) is 11.8 Å². The van der Waals surface area contributed by atoms with Crippen LogP contribution in [0.4, 0.5) is 0 Å². The van der Waals surface area contributed by atoms with Crippen LogP contribution in [0.1, 0.15) is 22.3 Å². The highest BCUT2D eigenvalue weighted by Crippen LogP contribution is 2.27. The number of nitrogens with one attached hydrogen (secondary N) is 1. The topological polar surface area (TPSA) is 85.6 Å². The minimum absolute atomic E-state index is 0.193. The number of para-hydroxylation sites is 1. The van der Waals surface area contributed by atoms with E-state index in [1.54, 1.807) is 36.9 Å². The van der Waals surface area contributed by atoms with Gasteiger partial charge in [-0.25, -0.2) is 4.79 Å². The Morgan fingerprint density at radius 3 is 2.53 bits per heavy atom. The van der Waals surface area contributed by atoms with Crippen LogP contribution in [-0.2, 0) is 9.53 Å². The van der Waals surface area contributed by atoms with E-state index >= 15 is 0 Å². The van der Waals surface area contributed by atoms with E-state index in [0.717, 1.165) is 5.56 Å². The molecule has 30 heavy (non-hydrogen) atoms. The summed E-state index contributed by atoms with van der Waals surface area (Å²) in [6, 6.07) is 13.3. The standard InChI is InChI=1S/C23H23NO5S/c1-14-19(25)16-10-7-11-17(21(16)29-20(14)15-8-5-4-6-9-15)22(26)24-18(12-13-30-3)23(27)28-2/h4-11,18H,12-13H2,1-3H3,(H,24,26)/t18-/m0/s1. The average Bonchev–Trinajstić information content (AvgIpc) is 2.78. The lowest BCUT2D eigenvalue weighted by atomic mass is 10.0. The van der Waals surface area contributed by atoms with Gasteiger partial charge in [0.15, 0.2) is 11.0 Å². The fourth-order valence-corrected chi connectivity index (χ4v) is 3.69. The van der Waals surface area contributed by atoms with Crippen LogP contribution in [-0.4, -0.2) is 37.0 Å². The Hall–Kier alpha value is -3.06. The molecule has 156 valence electrons. The molecule has 3 rings (SSSR count). The first-order valence-corrected chi connectivity index (χ1v) is 10.9. The number of hydrogen-bond acceptors (Lipinski definition) is 6. The summed E-state index contributed by atoms with van der Waals surface area (Å²) in [5.74, 6) is 0.0884. The Labute approximate surface area is 178 Å². The number of benzene rings is 2. The monoisotopic (exact) mass is 425 g/mol. The number of amides is 1. The normalized spacial score (nSPS) is 11.8. The Bertz CT molecular complexity index is 1120. The second kappa shape index (κ2) is 9.63. The molecule has 1 amide bonds. The van der Waals surface area contributed by atoms with E-state index in [0.29, 0.717) is 28.9 Å². The van der Waals surface area contributed by atoms with E-state index < -0.39 is 17.9 Å². The molecule has 1 aromatic heterocycles. The molecule has 0 saturated carbocycles. The van der Waals surface area contributed by atoms with E-state index in [9.17, 15) is 14.4 Å². The number of fused-ring (bicyclic) bond motifs is 1. The first kappa shape index (κ1) is 21.6. The predicted molar refractivity (Wildman–Crippen MR) is 119 cm³/mol. The Morgan fingerprint density at radius 1 is 1.13 bits per heavy atom. The van der Waals surface area contributed by atoms with Crippen molar-refractivity contribution in [3.05, 3.63) is 69.9 Å². The number of methoxy groups -OCH3 is 1. The molecule has 0 saturated heterocycles. The molecule has 7 heteroatoms. The Morgan fingerprint density at radius 2 is 1.87 bits per heavy atom.